The molecule has 0 saturated carbocycles. The van der Waals surface area contributed by atoms with Crippen molar-refractivity contribution in [2.45, 2.75) is 40.4 Å². The van der Waals surface area contributed by atoms with E-state index in [1.54, 1.807) is 33.8 Å². The Balaban J connectivity index is 1.78. The van der Waals surface area contributed by atoms with Gasteiger partial charge in [-0.05, 0) is 92.2 Å². The smallest absolute Gasteiger partial charge is 0.348 e. The minimum atomic E-state index is -0.638. The molecule has 1 N–H and O–H groups in total. The number of nitrogens with one attached hydrogen (secondary N) is 1. The topological polar surface area (TPSA) is 104 Å². The molecule has 0 aliphatic rings. The fourth-order valence-corrected chi connectivity index (χ4v) is 4.38. The van der Waals surface area contributed by atoms with E-state index in [1.165, 1.54) is 6.07 Å². The van der Waals surface area contributed by atoms with Crippen LogP contribution < -0.4 is 10.1 Å². The van der Waals surface area contributed by atoms with Crippen LogP contribution in [-0.4, -0.2) is 30.6 Å². The summed E-state index contributed by atoms with van der Waals surface area (Å²) >= 11 is 3.16. The standard InChI is InChI=1S/C24H24INO7S/c1-5-30-24(29)20-14(4)19(23(28)32-13(2)3)22(34-20)26-21(27)18-11-10-17(33-18)12-31-16-8-6-15(25)7-9-16/h6-11,13H,5,12H2,1-4H3,(H,26,27). The van der Waals surface area contributed by atoms with Crippen LogP contribution in [0.25, 0.3) is 0 Å². The number of carbonyl (C=O) groups is 3. The number of hydrogen-bond donors (Lipinski definition) is 1. The van der Waals surface area contributed by atoms with Crippen LogP contribution in [-0.2, 0) is 16.1 Å². The summed E-state index contributed by atoms with van der Waals surface area (Å²) in [7, 11) is 0. The SMILES string of the molecule is CCOC(=O)c1sc(NC(=O)c2ccc(COc3ccc(I)cc3)o2)c(C(=O)OC(C)C)c1C. The second-order valence-corrected chi connectivity index (χ2v) is 9.66. The Morgan fingerprint density at radius 3 is 2.44 bits per heavy atom. The van der Waals surface area contributed by atoms with Gasteiger partial charge < -0.3 is 23.9 Å². The van der Waals surface area contributed by atoms with Crippen LogP contribution in [0.2, 0.25) is 0 Å². The average molecular weight is 597 g/mol. The fraction of sp³-hybridized carbons (Fsp3) is 0.292. The maximum absolute atomic E-state index is 12.8. The first-order chi connectivity index (χ1) is 16.2. The summed E-state index contributed by atoms with van der Waals surface area (Å²) in [6, 6.07) is 10.7. The van der Waals surface area contributed by atoms with E-state index < -0.39 is 17.8 Å². The molecule has 3 aromatic rings. The predicted octanol–water partition coefficient (Wildman–Crippen LogP) is 5.83. The molecule has 3 rings (SSSR count). The Labute approximate surface area is 214 Å². The molecule has 0 fully saturated rings. The first-order valence-electron chi connectivity index (χ1n) is 10.5. The van der Waals surface area contributed by atoms with E-state index in [0.717, 1.165) is 14.9 Å². The number of furan rings is 1. The molecule has 1 amide bonds. The molecule has 1 aromatic carbocycles. The van der Waals surface area contributed by atoms with Gasteiger partial charge in [-0.3, -0.25) is 4.79 Å². The lowest BCUT2D eigenvalue weighted by molar-refractivity contribution is 0.0379. The van der Waals surface area contributed by atoms with Gasteiger partial charge in [0.1, 0.15) is 28.0 Å². The third-order valence-corrected chi connectivity index (χ3v) is 6.37. The van der Waals surface area contributed by atoms with Crippen LogP contribution in [0.4, 0.5) is 5.00 Å². The quantitative estimate of drug-likeness (QED) is 0.245. The Hall–Kier alpha value is -2.86. The third kappa shape index (κ3) is 6.38. The van der Waals surface area contributed by atoms with Gasteiger partial charge in [0, 0.05) is 3.57 Å². The molecular formula is C24H24INO7S. The zero-order valence-electron chi connectivity index (χ0n) is 19.1. The zero-order chi connectivity index (χ0) is 24.8. The largest absolute Gasteiger partial charge is 0.486 e. The molecule has 2 heterocycles. The van der Waals surface area contributed by atoms with Crippen molar-refractivity contribution in [2.24, 2.45) is 0 Å². The van der Waals surface area contributed by atoms with Crippen LogP contribution in [0, 0.1) is 10.5 Å². The maximum Gasteiger partial charge on any atom is 0.348 e. The van der Waals surface area contributed by atoms with Crippen LogP contribution in [0.15, 0.2) is 40.8 Å². The lowest BCUT2D eigenvalue weighted by atomic mass is 10.1. The van der Waals surface area contributed by atoms with Crippen molar-refractivity contribution >= 4 is 56.8 Å². The molecule has 180 valence electrons. The van der Waals surface area contributed by atoms with Crippen molar-refractivity contribution in [1.82, 2.24) is 0 Å². The van der Waals surface area contributed by atoms with Gasteiger partial charge in [-0.2, -0.15) is 0 Å². The molecule has 8 nitrogen and oxygen atoms in total. The summed E-state index contributed by atoms with van der Waals surface area (Å²) in [5.74, 6) is -0.615. The number of benzene rings is 1. The molecular weight excluding hydrogens is 573 g/mol. The molecule has 0 aliphatic carbocycles. The number of thiophene rings is 1. The highest BCUT2D eigenvalue weighted by Crippen LogP contribution is 2.35. The predicted molar refractivity (Wildman–Crippen MR) is 136 cm³/mol. The van der Waals surface area contributed by atoms with Crippen LogP contribution in [0.5, 0.6) is 5.75 Å². The van der Waals surface area contributed by atoms with E-state index in [0.29, 0.717) is 17.1 Å². The third-order valence-electron chi connectivity index (χ3n) is 4.46. The van der Waals surface area contributed by atoms with E-state index in [9.17, 15) is 14.4 Å². The van der Waals surface area contributed by atoms with E-state index in [4.69, 9.17) is 18.6 Å². The highest BCUT2D eigenvalue weighted by Gasteiger charge is 2.28. The van der Waals surface area contributed by atoms with Gasteiger partial charge in [0.2, 0.25) is 0 Å². The Morgan fingerprint density at radius 1 is 1.09 bits per heavy atom. The van der Waals surface area contributed by atoms with Gasteiger partial charge in [-0.1, -0.05) is 0 Å². The average Bonchev–Trinajstić information content (AvgIpc) is 3.37. The highest BCUT2D eigenvalue weighted by molar-refractivity contribution is 14.1. The number of anilines is 1. The van der Waals surface area contributed by atoms with Gasteiger partial charge >= 0.3 is 11.9 Å². The van der Waals surface area contributed by atoms with E-state index >= 15 is 0 Å². The molecule has 0 radical (unpaired) electrons. The summed E-state index contributed by atoms with van der Waals surface area (Å²) in [5.41, 5.74) is 0.499. The van der Waals surface area contributed by atoms with Crippen LogP contribution in [0.1, 0.15) is 62.7 Å². The number of rotatable bonds is 9. The van der Waals surface area contributed by atoms with Crippen molar-refractivity contribution in [3.05, 3.63) is 67.5 Å². The van der Waals surface area contributed by atoms with Gasteiger partial charge in [0.15, 0.2) is 5.76 Å². The van der Waals surface area contributed by atoms with Crippen LogP contribution >= 0.6 is 33.9 Å². The molecule has 0 bridgehead atoms. The van der Waals surface area contributed by atoms with Crippen molar-refractivity contribution in [3.63, 3.8) is 0 Å². The summed E-state index contributed by atoms with van der Waals surface area (Å²) in [4.78, 5) is 38.1. The number of ether oxygens (including phenoxy) is 3. The van der Waals surface area contributed by atoms with Crippen molar-refractivity contribution in [1.29, 1.82) is 0 Å². The van der Waals surface area contributed by atoms with Gasteiger partial charge in [-0.25, -0.2) is 9.59 Å². The molecule has 0 saturated heterocycles. The van der Waals surface area contributed by atoms with Crippen molar-refractivity contribution < 1.29 is 33.0 Å². The normalized spacial score (nSPS) is 10.8. The second-order valence-electron chi connectivity index (χ2n) is 7.40. The van der Waals surface area contributed by atoms with E-state index in [2.05, 4.69) is 27.9 Å². The number of esters is 2. The van der Waals surface area contributed by atoms with Gasteiger partial charge in [0.25, 0.3) is 5.91 Å². The molecule has 0 atom stereocenters. The number of carbonyl (C=O) groups excluding carboxylic acids is 3. The first kappa shape index (κ1) is 25.8. The first-order valence-corrected chi connectivity index (χ1v) is 12.4. The lowest BCUT2D eigenvalue weighted by Gasteiger charge is -2.10. The Morgan fingerprint density at radius 2 is 1.79 bits per heavy atom. The number of hydrogen-bond acceptors (Lipinski definition) is 8. The minimum Gasteiger partial charge on any atom is -0.486 e. The summed E-state index contributed by atoms with van der Waals surface area (Å²) < 4.78 is 22.8. The summed E-state index contributed by atoms with van der Waals surface area (Å²) in [5, 5.41) is 2.85. The molecule has 2 aromatic heterocycles. The molecule has 0 aliphatic heterocycles. The molecule has 10 heteroatoms. The molecule has 0 spiro atoms. The molecule has 34 heavy (non-hydrogen) atoms. The summed E-state index contributed by atoms with van der Waals surface area (Å²) in [6.07, 6.45) is -0.373. The van der Waals surface area contributed by atoms with Crippen molar-refractivity contribution in [3.8, 4) is 5.75 Å². The number of halogens is 1. The van der Waals surface area contributed by atoms with Gasteiger partial charge in [0.05, 0.1) is 18.3 Å². The fourth-order valence-electron chi connectivity index (χ4n) is 2.94. The highest BCUT2D eigenvalue weighted by atomic mass is 127. The van der Waals surface area contributed by atoms with E-state index in [-0.39, 0.29) is 40.5 Å². The van der Waals surface area contributed by atoms with Gasteiger partial charge in [-0.15, -0.1) is 11.3 Å². The summed E-state index contributed by atoms with van der Waals surface area (Å²) in [6.45, 7) is 7.06. The monoisotopic (exact) mass is 597 g/mol. The zero-order valence-corrected chi connectivity index (χ0v) is 22.1. The van der Waals surface area contributed by atoms with Crippen molar-refractivity contribution in [2.75, 3.05) is 11.9 Å². The van der Waals surface area contributed by atoms with Crippen LogP contribution in [0.3, 0.4) is 0 Å². The molecule has 0 unspecified atom stereocenters. The lowest BCUT2D eigenvalue weighted by Crippen LogP contribution is -2.16. The second kappa shape index (κ2) is 11.5. The number of amides is 1. The maximum atomic E-state index is 12.8. The van der Waals surface area contributed by atoms with E-state index in [1.807, 2.05) is 24.3 Å². The minimum absolute atomic E-state index is 0.0353. The Bertz CT molecular complexity index is 1180. The Kier molecular flexibility index (Phi) is 8.72.